The third-order valence-electron chi connectivity index (χ3n) is 2.90. The molecule has 0 spiro atoms. The smallest absolute Gasteiger partial charge is 0.265 e. The van der Waals surface area contributed by atoms with E-state index < -0.39 is 5.92 Å². The second kappa shape index (κ2) is 4.21. The number of anilines is 1. The zero-order valence-corrected chi connectivity index (χ0v) is 9.90. The molecule has 1 aliphatic rings. The van der Waals surface area contributed by atoms with Gasteiger partial charge in [-0.2, -0.15) is 0 Å². The molecular weight excluding hydrogens is 232 g/mol. The maximum atomic E-state index is 13.3. The predicted octanol–water partition coefficient (Wildman–Crippen LogP) is 3.88. The Balaban J connectivity index is 2.26. The average molecular weight is 246 g/mol. The van der Waals surface area contributed by atoms with E-state index in [0.717, 1.165) is 11.3 Å². The molecule has 1 aromatic rings. The monoisotopic (exact) mass is 245 g/mol. The molecule has 0 unspecified atom stereocenters. The van der Waals surface area contributed by atoms with E-state index >= 15 is 0 Å². The minimum Gasteiger partial charge on any atom is -0.365 e. The van der Waals surface area contributed by atoms with Gasteiger partial charge in [0.25, 0.3) is 5.92 Å². The number of rotatable bonds is 1. The molecule has 16 heavy (non-hydrogen) atoms. The second-order valence-electron chi connectivity index (χ2n) is 4.31. The van der Waals surface area contributed by atoms with Crippen LogP contribution in [0.1, 0.15) is 18.4 Å². The highest BCUT2D eigenvalue weighted by Crippen LogP contribution is 2.32. The van der Waals surface area contributed by atoms with Crippen LogP contribution in [0.4, 0.5) is 14.5 Å². The van der Waals surface area contributed by atoms with Crippen molar-refractivity contribution in [3.63, 3.8) is 0 Å². The van der Waals surface area contributed by atoms with Crippen molar-refractivity contribution in [3.05, 3.63) is 28.8 Å². The van der Waals surface area contributed by atoms with Crippen molar-refractivity contribution in [2.24, 2.45) is 0 Å². The normalized spacial score (nSPS) is 19.9. The van der Waals surface area contributed by atoms with Crippen molar-refractivity contribution >= 4 is 17.3 Å². The number of halogens is 3. The second-order valence-corrected chi connectivity index (χ2v) is 4.75. The first kappa shape index (κ1) is 11.6. The predicted molar refractivity (Wildman–Crippen MR) is 62.6 cm³/mol. The van der Waals surface area contributed by atoms with Crippen LogP contribution in [0.3, 0.4) is 0 Å². The molecule has 0 aliphatic carbocycles. The van der Waals surface area contributed by atoms with Gasteiger partial charge in [-0.05, 0) is 31.0 Å². The average Bonchev–Trinajstić information content (AvgIpc) is 2.20. The lowest BCUT2D eigenvalue weighted by molar-refractivity contribution is -0.0116. The number of benzene rings is 1. The van der Waals surface area contributed by atoms with Crippen LogP contribution >= 0.6 is 11.6 Å². The molecule has 1 saturated heterocycles. The summed E-state index contributed by atoms with van der Waals surface area (Å²) in [7, 11) is 0. The molecule has 0 amide bonds. The Labute approximate surface area is 99.0 Å². The largest absolute Gasteiger partial charge is 0.365 e. The quantitative estimate of drug-likeness (QED) is 0.726. The zero-order chi connectivity index (χ0) is 11.8. The Morgan fingerprint density at radius 1 is 1.38 bits per heavy atom. The van der Waals surface area contributed by atoms with Gasteiger partial charge in [-0.25, -0.2) is 8.78 Å². The maximum Gasteiger partial charge on any atom is 0.265 e. The molecule has 4 heteroatoms. The molecule has 1 heterocycles. The van der Waals surface area contributed by atoms with Gasteiger partial charge in [-0.15, -0.1) is 0 Å². The van der Waals surface area contributed by atoms with Gasteiger partial charge in [-0.1, -0.05) is 17.7 Å². The van der Waals surface area contributed by atoms with Gasteiger partial charge in [0.15, 0.2) is 0 Å². The van der Waals surface area contributed by atoms with Crippen molar-refractivity contribution < 1.29 is 8.78 Å². The van der Waals surface area contributed by atoms with Gasteiger partial charge in [0.1, 0.15) is 0 Å². The number of piperidine rings is 1. The Hall–Kier alpha value is -0.830. The van der Waals surface area contributed by atoms with Crippen molar-refractivity contribution in [1.82, 2.24) is 0 Å². The number of alkyl halides is 2. The van der Waals surface area contributed by atoms with Crippen LogP contribution in [-0.4, -0.2) is 19.0 Å². The van der Waals surface area contributed by atoms with Gasteiger partial charge < -0.3 is 4.90 Å². The lowest BCUT2D eigenvalue weighted by Gasteiger charge is -2.35. The molecule has 0 aromatic heterocycles. The van der Waals surface area contributed by atoms with E-state index in [2.05, 4.69) is 0 Å². The number of hydrogen-bond donors (Lipinski definition) is 0. The summed E-state index contributed by atoms with van der Waals surface area (Å²) >= 11 is 5.89. The number of hydrogen-bond acceptors (Lipinski definition) is 1. The van der Waals surface area contributed by atoms with E-state index in [1.54, 1.807) is 17.0 Å². The summed E-state index contributed by atoms with van der Waals surface area (Å²) in [6.07, 6.45) is 0.516. The summed E-state index contributed by atoms with van der Waals surface area (Å²) < 4.78 is 26.6. The van der Waals surface area contributed by atoms with Gasteiger partial charge in [-0.3, -0.25) is 0 Å². The molecule has 1 nitrogen and oxygen atoms in total. The molecule has 1 fully saturated rings. The molecule has 88 valence electrons. The zero-order valence-electron chi connectivity index (χ0n) is 9.14. The first-order valence-corrected chi connectivity index (χ1v) is 5.75. The van der Waals surface area contributed by atoms with Crippen LogP contribution in [0, 0.1) is 6.92 Å². The Morgan fingerprint density at radius 2 is 2.12 bits per heavy atom. The van der Waals surface area contributed by atoms with Crippen molar-refractivity contribution in [2.45, 2.75) is 25.7 Å². The van der Waals surface area contributed by atoms with Gasteiger partial charge in [0.2, 0.25) is 0 Å². The molecule has 0 atom stereocenters. The highest BCUT2D eigenvalue weighted by molar-refractivity contribution is 6.30. The SMILES string of the molecule is Cc1ccc(Cl)cc1N1CCCC(F)(F)C1. The van der Waals surface area contributed by atoms with E-state index in [4.69, 9.17) is 11.6 Å². The van der Waals surface area contributed by atoms with Gasteiger partial charge in [0.05, 0.1) is 6.54 Å². The summed E-state index contributed by atoms with van der Waals surface area (Å²) in [5.41, 5.74) is 1.81. The molecule has 2 rings (SSSR count). The highest BCUT2D eigenvalue weighted by atomic mass is 35.5. The fourth-order valence-electron chi connectivity index (χ4n) is 2.09. The molecule has 0 N–H and O–H groups in total. The number of aryl methyl sites for hydroxylation is 1. The van der Waals surface area contributed by atoms with E-state index in [9.17, 15) is 8.78 Å². The molecule has 0 bridgehead atoms. The maximum absolute atomic E-state index is 13.3. The lowest BCUT2D eigenvalue weighted by Crippen LogP contribution is -2.42. The first-order valence-electron chi connectivity index (χ1n) is 5.37. The van der Waals surface area contributed by atoms with E-state index in [1.165, 1.54) is 0 Å². The molecule has 1 aliphatic heterocycles. The molecule has 1 aromatic carbocycles. The Morgan fingerprint density at radius 3 is 2.81 bits per heavy atom. The van der Waals surface area contributed by atoms with Crippen LogP contribution in [0.15, 0.2) is 18.2 Å². The third-order valence-corrected chi connectivity index (χ3v) is 3.14. The number of nitrogens with zero attached hydrogens (tertiary/aromatic N) is 1. The molecule has 0 saturated carbocycles. The van der Waals surface area contributed by atoms with Crippen molar-refractivity contribution in [3.8, 4) is 0 Å². The van der Waals surface area contributed by atoms with Crippen LogP contribution in [-0.2, 0) is 0 Å². The van der Waals surface area contributed by atoms with E-state index in [1.807, 2.05) is 13.0 Å². The Bertz CT molecular complexity index is 393. The minimum atomic E-state index is -2.58. The fourth-order valence-corrected chi connectivity index (χ4v) is 2.26. The third kappa shape index (κ3) is 2.46. The standard InChI is InChI=1S/C12H14ClF2N/c1-9-3-4-10(13)7-11(9)16-6-2-5-12(14,15)8-16/h3-4,7H,2,5-6,8H2,1H3. The summed E-state index contributed by atoms with van der Waals surface area (Å²) in [6.45, 7) is 2.39. The van der Waals surface area contributed by atoms with Crippen LogP contribution in [0.5, 0.6) is 0 Å². The molecular formula is C12H14ClF2N. The highest BCUT2D eigenvalue weighted by Gasteiger charge is 2.35. The molecule has 0 radical (unpaired) electrons. The van der Waals surface area contributed by atoms with Crippen LogP contribution < -0.4 is 4.90 Å². The van der Waals surface area contributed by atoms with Crippen molar-refractivity contribution in [1.29, 1.82) is 0 Å². The minimum absolute atomic E-state index is 0.0108. The van der Waals surface area contributed by atoms with Gasteiger partial charge in [0, 0.05) is 23.7 Å². The topological polar surface area (TPSA) is 3.24 Å². The summed E-state index contributed by atoms with van der Waals surface area (Å²) in [4.78, 5) is 1.73. The Kier molecular flexibility index (Phi) is 3.06. The van der Waals surface area contributed by atoms with Crippen LogP contribution in [0.25, 0.3) is 0 Å². The summed E-state index contributed by atoms with van der Waals surface area (Å²) in [5.74, 6) is -2.58. The van der Waals surface area contributed by atoms with E-state index in [0.29, 0.717) is 18.0 Å². The van der Waals surface area contributed by atoms with Crippen LogP contribution in [0.2, 0.25) is 5.02 Å². The first-order chi connectivity index (χ1) is 7.48. The fraction of sp³-hybridized carbons (Fsp3) is 0.500. The van der Waals surface area contributed by atoms with E-state index in [-0.39, 0.29) is 13.0 Å². The van der Waals surface area contributed by atoms with Crippen molar-refractivity contribution in [2.75, 3.05) is 18.0 Å². The van der Waals surface area contributed by atoms with Gasteiger partial charge >= 0.3 is 0 Å². The lowest BCUT2D eigenvalue weighted by atomic mass is 10.1. The summed E-state index contributed by atoms with van der Waals surface area (Å²) in [5, 5.41) is 0.592. The summed E-state index contributed by atoms with van der Waals surface area (Å²) in [6, 6.07) is 5.41.